The van der Waals surface area contributed by atoms with E-state index in [0.717, 1.165) is 25.3 Å². The number of amides is 2. The summed E-state index contributed by atoms with van der Waals surface area (Å²) in [5.41, 5.74) is -1.63. The Morgan fingerprint density at radius 2 is 2.09 bits per heavy atom. The number of methoxy groups -OCH3 is 1. The average Bonchev–Trinajstić information content (AvgIpc) is 3.25. The Morgan fingerprint density at radius 3 is 2.83 bits per heavy atom. The minimum atomic E-state index is -0.988. The lowest BCUT2D eigenvalue weighted by Crippen LogP contribution is -2.67. The molecule has 2 aliphatic heterocycles. The van der Waals surface area contributed by atoms with Gasteiger partial charge in [0.15, 0.2) is 11.4 Å². The number of hydrogen-bond acceptors (Lipinski definition) is 4. The van der Waals surface area contributed by atoms with Crippen LogP contribution in [0.2, 0.25) is 5.02 Å². The molecule has 3 heterocycles. The summed E-state index contributed by atoms with van der Waals surface area (Å²) >= 11 is 5.61. The van der Waals surface area contributed by atoms with Crippen LogP contribution in [0.5, 0.6) is 5.75 Å². The van der Waals surface area contributed by atoms with Crippen LogP contribution in [-0.2, 0) is 6.54 Å². The first kappa shape index (κ1) is 23.7. The number of nitrogens with zero attached hydrogens (tertiary/aromatic N) is 2. The Balaban J connectivity index is 1.55. The van der Waals surface area contributed by atoms with Gasteiger partial charge in [0.05, 0.1) is 7.11 Å². The van der Waals surface area contributed by atoms with E-state index in [1.54, 1.807) is 9.47 Å². The molecule has 0 unspecified atom stereocenters. The Morgan fingerprint density at radius 1 is 1.31 bits per heavy atom. The van der Waals surface area contributed by atoms with Gasteiger partial charge in [0.2, 0.25) is 5.43 Å². The molecule has 3 aliphatic rings. The number of carbonyl (C=O) groups is 2. The maximum Gasteiger partial charge on any atom is 0.281 e. The molecule has 1 aliphatic carbocycles. The second-order valence-electron chi connectivity index (χ2n) is 9.16. The van der Waals surface area contributed by atoms with Crippen molar-refractivity contribution in [3.63, 3.8) is 0 Å². The molecule has 3 atom stereocenters. The fourth-order valence-corrected chi connectivity index (χ4v) is 5.87. The molecule has 1 saturated carbocycles. The number of aromatic nitrogens is 1. The van der Waals surface area contributed by atoms with Crippen molar-refractivity contribution in [2.45, 2.75) is 57.0 Å². The van der Waals surface area contributed by atoms with E-state index in [4.69, 9.17) is 21.1 Å². The van der Waals surface area contributed by atoms with Crippen LogP contribution in [0.3, 0.4) is 0 Å². The molecule has 186 valence electrons. The van der Waals surface area contributed by atoms with Gasteiger partial charge in [-0.3, -0.25) is 19.3 Å². The highest BCUT2D eigenvalue weighted by Crippen LogP contribution is 2.50. The first-order chi connectivity index (χ1) is 16.7. The van der Waals surface area contributed by atoms with E-state index >= 15 is 0 Å². The number of rotatable bonds is 4. The van der Waals surface area contributed by atoms with Crippen molar-refractivity contribution in [1.82, 2.24) is 14.8 Å². The fraction of sp³-hybridized carbons (Fsp3) is 0.458. The summed E-state index contributed by atoms with van der Waals surface area (Å²) < 4.78 is 39.6. The molecule has 2 amide bonds. The van der Waals surface area contributed by atoms with Crippen molar-refractivity contribution >= 4 is 23.4 Å². The molecular formula is C24H25ClF2N3O5+. The minimum Gasteiger partial charge on any atom is -0.491 e. The van der Waals surface area contributed by atoms with E-state index in [-0.39, 0.29) is 47.1 Å². The lowest BCUT2D eigenvalue weighted by molar-refractivity contribution is -0.297. The van der Waals surface area contributed by atoms with Gasteiger partial charge in [-0.05, 0) is 25.8 Å². The number of nitrogens with one attached hydrogen (secondary N) is 1. The van der Waals surface area contributed by atoms with Crippen molar-refractivity contribution in [2.75, 3.05) is 13.7 Å². The summed E-state index contributed by atoms with van der Waals surface area (Å²) in [5, 5.41) is 1.81. The summed E-state index contributed by atoms with van der Waals surface area (Å²) in [6, 6.07) is 1.87. The second-order valence-corrected chi connectivity index (χ2v) is 9.54. The molecule has 1 saturated heterocycles. The summed E-state index contributed by atoms with van der Waals surface area (Å²) in [5.74, 6) is -3.24. The monoisotopic (exact) mass is 508 g/mol. The lowest BCUT2D eigenvalue weighted by Gasteiger charge is -2.51. The third-order valence-electron chi connectivity index (χ3n) is 7.30. The van der Waals surface area contributed by atoms with Crippen molar-refractivity contribution < 1.29 is 27.8 Å². The normalized spacial score (nSPS) is 25.1. The van der Waals surface area contributed by atoms with Crippen LogP contribution in [0.4, 0.5) is 8.78 Å². The van der Waals surface area contributed by atoms with Crippen LogP contribution < -0.4 is 15.5 Å². The minimum absolute atomic E-state index is 0.0367. The zero-order valence-electron chi connectivity index (χ0n) is 19.2. The quantitative estimate of drug-likeness (QED) is 0.507. The van der Waals surface area contributed by atoms with Crippen molar-refractivity contribution in [3.8, 4) is 5.75 Å². The number of fused-ring (bicyclic) bond motifs is 2. The zero-order valence-corrected chi connectivity index (χ0v) is 20.0. The smallest absolute Gasteiger partial charge is 0.281 e. The maximum atomic E-state index is 14.3. The summed E-state index contributed by atoms with van der Waals surface area (Å²) in [6.45, 7) is 2.29. The fourth-order valence-electron chi connectivity index (χ4n) is 5.69. The van der Waals surface area contributed by atoms with Crippen LogP contribution in [0.15, 0.2) is 23.1 Å². The van der Waals surface area contributed by atoms with Gasteiger partial charge in [-0.2, -0.15) is 0 Å². The van der Waals surface area contributed by atoms with Crippen LogP contribution >= 0.6 is 11.6 Å². The van der Waals surface area contributed by atoms with Gasteiger partial charge in [0.1, 0.15) is 34.9 Å². The van der Waals surface area contributed by atoms with Gasteiger partial charge in [-0.1, -0.05) is 17.7 Å². The number of ether oxygens (including phenoxy) is 2. The van der Waals surface area contributed by atoms with Crippen molar-refractivity contribution in [2.24, 2.45) is 0 Å². The van der Waals surface area contributed by atoms with Gasteiger partial charge in [0, 0.05) is 37.2 Å². The molecule has 1 spiro atoms. The van der Waals surface area contributed by atoms with E-state index in [2.05, 4.69) is 5.32 Å². The number of pyridine rings is 1. The Kier molecular flexibility index (Phi) is 5.83. The molecule has 2 aromatic rings. The molecule has 5 rings (SSSR count). The topological polar surface area (TPSA) is 93.4 Å². The standard InChI is InChI=1S/C24H24ClF2N3O5/c1-12-7-9-35-24-8-3-4-16(24)29-11-14(20(31)21(34-2)19(29)23(33)30(12)24)22(32)28-10-13-5-6-15(26)17(25)18(13)27/h5-6,11-12,16H,3-4,7-10H2,1-2H3,(H,28,32)/p+1/t12-,16+,24+/m1/s1. The van der Waals surface area contributed by atoms with Crippen LogP contribution in [0, 0.1) is 11.6 Å². The number of carbonyl (C=O) groups excluding carboxylic acids is 2. The SMILES string of the molecule is COc1c2n(cc(C(=O)NCc3ccc(F)c(Cl)c3F)c1=O)[C@H]1CCC[C@]13[OH+]CC[C@@H](C)N3C2=O. The van der Waals surface area contributed by atoms with E-state index in [0.29, 0.717) is 13.0 Å². The lowest BCUT2D eigenvalue weighted by atomic mass is 9.93. The molecule has 8 nitrogen and oxygen atoms in total. The van der Waals surface area contributed by atoms with Crippen LogP contribution in [0.25, 0.3) is 0 Å². The summed E-state index contributed by atoms with van der Waals surface area (Å²) in [6.07, 6.45) is 4.38. The zero-order chi connectivity index (χ0) is 25.1. The maximum absolute atomic E-state index is 14.3. The van der Waals surface area contributed by atoms with Crippen LogP contribution in [-0.4, -0.2) is 51.5 Å². The Bertz CT molecular complexity index is 1300. The molecular weight excluding hydrogens is 484 g/mol. The molecule has 1 aromatic heterocycles. The van der Waals surface area contributed by atoms with Gasteiger partial charge in [0.25, 0.3) is 17.5 Å². The van der Waals surface area contributed by atoms with Crippen molar-refractivity contribution in [3.05, 3.63) is 62.0 Å². The number of hydrogen-bond donors (Lipinski definition) is 1. The first-order valence-electron chi connectivity index (χ1n) is 11.5. The Labute approximate surface area is 204 Å². The van der Waals surface area contributed by atoms with E-state index in [9.17, 15) is 23.2 Å². The van der Waals surface area contributed by atoms with Gasteiger partial charge >= 0.3 is 0 Å². The average molecular weight is 509 g/mol. The highest BCUT2D eigenvalue weighted by molar-refractivity contribution is 6.30. The molecule has 1 aromatic carbocycles. The summed E-state index contributed by atoms with van der Waals surface area (Å²) in [7, 11) is 1.28. The third-order valence-corrected chi connectivity index (χ3v) is 7.65. The molecule has 2 N–H and O–H groups in total. The predicted molar refractivity (Wildman–Crippen MR) is 123 cm³/mol. The van der Waals surface area contributed by atoms with E-state index < -0.39 is 33.7 Å². The molecule has 2 fully saturated rings. The molecule has 0 bridgehead atoms. The highest BCUT2D eigenvalue weighted by Gasteiger charge is 2.63. The number of halogens is 3. The Hall–Kier alpha value is -2.98. The van der Waals surface area contributed by atoms with Gasteiger partial charge in [-0.15, -0.1) is 0 Å². The number of aliphatic hydroxyl groups is 2. The van der Waals surface area contributed by atoms with Gasteiger partial charge < -0.3 is 19.4 Å². The molecule has 11 heteroatoms. The highest BCUT2D eigenvalue weighted by atomic mass is 35.5. The van der Waals surface area contributed by atoms with E-state index in [1.807, 2.05) is 6.92 Å². The van der Waals surface area contributed by atoms with E-state index in [1.165, 1.54) is 19.4 Å². The predicted octanol–water partition coefficient (Wildman–Crippen LogP) is 2.92. The number of benzene rings is 1. The summed E-state index contributed by atoms with van der Waals surface area (Å²) in [4.78, 5) is 41.7. The van der Waals surface area contributed by atoms with Gasteiger partial charge in [-0.25, -0.2) is 8.78 Å². The molecule has 0 radical (unpaired) electrons. The largest absolute Gasteiger partial charge is 0.491 e. The first-order valence-corrected chi connectivity index (χ1v) is 11.8. The second kappa shape index (κ2) is 8.60. The van der Waals surface area contributed by atoms with Crippen molar-refractivity contribution in [1.29, 1.82) is 0 Å². The molecule has 35 heavy (non-hydrogen) atoms. The third kappa shape index (κ3) is 3.45. The van der Waals surface area contributed by atoms with Crippen LogP contribution in [0.1, 0.15) is 65.1 Å².